The minimum Gasteiger partial charge on any atom is -0.324 e. The molecule has 3 aromatic carbocycles. The molecule has 0 saturated heterocycles. The lowest BCUT2D eigenvalue weighted by Crippen LogP contribution is -1.94. The van der Waals surface area contributed by atoms with Gasteiger partial charge in [-0.3, -0.25) is 0 Å². The first kappa shape index (κ1) is 17.7. The Labute approximate surface area is 179 Å². The van der Waals surface area contributed by atoms with E-state index in [1.807, 2.05) is 50.2 Å². The van der Waals surface area contributed by atoms with Crippen LogP contribution in [0, 0.1) is 0 Å². The molecule has 2 aliphatic heterocycles. The first-order valence-corrected chi connectivity index (χ1v) is 10.3. The van der Waals surface area contributed by atoms with Crippen LogP contribution in [0.1, 0.15) is 36.1 Å². The van der Waals surface area contributed by atoms with Crippen LogP contribution in [0.3, 0.4) is 0 Å². The highest BCUT2D eigenvalue weighted by Crippen LogP contribution is 2.36. The summed E-state index contributed by atoms with van der Waals surface area (Å²) in [5.74, 6) is 2.95. The number of aliphatic imine (C=N–C) groups is 4. The predicted octanol–water partition coefficient (Wildman–Crippen LogP) is 5.97. The SMILES string of the molecule is CC1=N/C(=N\c2[nH]c(/N=C3\N=C(C)c4ccccc43)c3ccccc23)c2ccccc21. The first-order valence-electron chi connectivity index (χ1n) is 10.3. The topological polar surface area (TPSA) is 65.2 Å². The second kappa shape index (κ2) is 6.71. The van der Waals surface area contributed by atoms with Crippen molar-refractivity contribution in [2.75, 3.05) is 0 Å². The Morgan fingerprint density at radius 1 is 0.548 bits per heavy atom. The minimum absolute atomic E-state index is 0.722. The summed E-state index contributed by atoms with van der Waals surface area (Å²) in [6.45, 7) is 4.03. The van der Waals surface area contributed by atoms with E-state index in [0.29, 0.717) is 0 Å². The Balaban J connectivity index is 1.52. The van der Waals surface area contributed by atoms with Gasteiger partial charge in [-0.15, -0.1) is 0 Å². The summed E-state index contributed by atoms with van der Waals surface area (Å²) in [5.41, 5.74) is 6.33. The Kier molecular flexibility index (Phi) is 3.83. The van der Waals surface area contributed by atoms with Crippen molar-refractivity contribution in [3.05, 3.63) is 95.1 Å². The molecule has 0 unspecified atom stereocenters. The zero-order chi connectivity index (χ0) is 20.9. The van der Waals surface area contributed by atoms with Crippen LogP contribution < -0.4 is 0 Å². The maximum absolute atomic E-state index is 4.90. The van der Waals surface area contributed by atoms with Gasteiger partial charge in [0.1, 0.15) is 11.6 Å². The molecule has 6 rings (SSSR count). The molecular weight excluding hydrogens is 382 g/mol. The third kappa shape index (κ3) is 2.78. The fourth-order valence-electron chi connectivity index (χ4n) is 4.25. The summed E-state index contributed by atoms with van der Waals surface area (Å²) in [7, 11) is 0. The van der Waals surface area contributed by atoms with Gasteiger partial charge in [0.25, 0.3) is 0 Å². The Morgan fingerprint density at radius 3 is 1.39 bits per heavy atom. The summed E-state index contributed by atoms with van der Waals surface area (Å²) >= 11 is 0. The average Bonchev–Trinajstić information content (AvgIpc) is 3.42. The molecule has 31 heavy (non-hydrogen) atoms. The van der Waals surface area contributed by atoms with E-state index in [2.05, 4.69) is 41.4 Å². The van der Waals surface area contributed by atoms with E-state index in [-0.39, 0.29) is 0 Å². The van der Waals surface area contributed by atoms with Crippen molar-refractivity contribution < 1.29 is 0 Å². The number of aromatic nitrogens is 1. The van der Waals surface area contributed by atoms with Crippen LogP contribution in [0.25, 0.3) is 10.8 Å². The van der Waals surface area contributed by atoms with Crippen molar-refractivity contribution in [2.45, 2.75) is 13.8 Å². The van der Waals surface area contributed by atoms with Gasteiger partial charge in [0.2, 0.25) is 0 Å². The number of nitrogens with zero attached hydrogens (tertiary/aromatic N) is 4. The predicted molar refractivity (Wildman–Crippen MR) is 128 cm³/mol. The lowest BCUT2D eigenvalue weighted by molar-refractivity contribution is 1.29. The number of fused-ring (bicyclic) bond motifs is 3. The molecule has 0 bridgehead atoms. The molecule has 0 aliphatic carbocycles. The lowest BCUT2D eigenvalue weighted by Gasteiger charge is -1.99. The quantitative estimate of drug-likeness (QED) is 0.430. The highest BCUT2D eigenvalue weighted by molar-refractivity contribution is 6.24. The smallest absolute Gasteiger partial charge is 0.162 e. The summed E-state index contributed by atoms with van der Waals surface area (Å²) in [4.78, 5) is 22.6. The second-order valence-electron chi connectivity index (χ2n) is 7.72. The standard InChI is InChI=1S/C26H19N5/c1-15-17-9-3-5-11-19(17)23(27-15)29-25-21-13-7-8-14-22(21)26(31-25)30-24-20-12-6-4-10-18(20)16(2)28-24/h3-14,31H,1-2H3/b29-23-,30-24-. The van der Waals surface area contributed by atoms with E-state index in [0.717, 1.165) is 67.8 Å². The number of amidine groups is 2. The monoisotopic (exact) mass is 401 g/mol. The van der Waals surface area contributed by atoms with Crippen molar-refractivity contribution in [3.63, 3.8) is 0 Å². The van der Waals surface area contributed by atoms with Crippen LogP contribution in [-0.4, -0.2) is 28.1 Å². The molecule has 1 N–H and O–H groups in total. The third-order valence-electron chi connectivity index (χ3n) is 5.77. The van der Waals surface area contributed by atoms with Crippen molar-refractivity contribution in [2.24, 2.45) is 20.0 Å². The zero-order valence-corrected chi connectivity index (χ0v) is 17.2. The van der Waals surface area contributed by atoms with Crippen LogP contribution in [0.15, 0.2) is 92.8 Å². The van der Waals surface area contributed by atoms with Gasteiger partial charge >= 0.3 is 0 Å². The molecule has 0 radical (unpaired) electrons. The number of rotatable bonds is 2. The average molecular weight is 401 g/mol. The molecule has 2 aliphatic rings. The number of aromatic amines is 1. The van der Waals surface area contributed by atoms with Gasteiger partial charge in [-0.05, 0) is 13.8 Å². The molecule has 4 aromatic rings. The van der Waals surface area contributed by atoms with E-state index in [4.69, 9.17) is 20.0 Å². The maximum Gasteiger partial charge on any atom is 0.162 e. The Bertz CT molecular complexity index is 1390. The number of hydrogen-bond acceptors (Lipinski definition) is 2. The van der Waals surface area contributed by atoms with Gasteiger partial charge in [0.15, 0.2) is 11.7 Å². The van der Waals surface area contributed by atoms with E-state index in [9.17, 15) is 0 Å². The van der Waals surface area contributed by atoms with Gasteiger partial charge < -0.3 is 4.98 Å². The highest BCUT2D eigenvalue weighted by atomic mass is 15.1. The van der Waals surface area contributed by atoms with Gasteiger partial charge in [-0.25, -0.2) is 20.0 Å². The van der Waals surface area contributed by atoms with Crippen LogP contribution in [0.2, 0.25) is 0 Å². The summed E-state index contributed by atoms with van der Waals surface area (Å²) in [6, 6.07) is 24.5. The van der Waals surface area contributed by atoms with Crippen molar-refractivity contribution in [1.82, 2.24) is 4.98 Å². The molecule has 5 nitrogen and oxygen atoms in total. The molecule has 0 fully saturated rings. The second-order valence-corrected chi connectivity index (χ2v) is 7.72. The van der Waals surface area contributed by atoms with Crippen LogP contribution in [0.4, 0.5) is 11.6 Å². The van der Waals surface area contributed by atoms with E-state index in [1.54, 1.807) is 0 Å². The fraction of sp³-hybridized carbons (Fsp3) is 0.0769. The molecular formula is C26H19N5. The maximum atomic E-state index is 4.90. The van der Waals surface area contributed by atoms with Gasteiger partial charge in [0, 0.05) is 44.4 Å². The third-order valence-corrected chi connectivity index (χ3v) is 5.77. The summed E-state index contributed by atoms with van der Waals surface area (Å²) < 4.78 is 0. The fourth-order valence-corrected chi connectivity index (χ4v) is 4.25. The van der Waals surface area contributed by atoms with E-state index < -0.39 is 0 Å². The first-order chi connectivity index (χ1) is 15.2. The normalized spacial score (nSPS) is 17.2. The van der Waals surface area contributed by atoms with E-state index >= 15 is 0 Å². The molecule has 148 valence electrons. The number of benzene rings is 3. The van der Waals surface area contributed by atoms with Gasteiger partial charge in [-0.1, -0.05) is 72.8 Å². The van der Waals surface area contributed by atoms with E-state index in [1.165, 1.54) is 0 Å². The van der Waals surface area contributed by atoms with Crippen LogP contribution in [0.5, 0.6) is 0 Å². The Hall–Kier alpha value is -4.12. The van der Waals surface area contributed by atoms with Crippen molar-refractivity contribution in [3.8, 4) is 0 Å². The summed E-state index contributed by atoms with van der Waals surface area (Å²) in [6.07, 6.45) is 0. The molecule has 0 atom stereocenters. The molecule has 1 aromatic heterocycles. The number of hydrogen-bond donors (Lipinski definition) is 1. The number of nitrogens with one attached hydrogen (secondary N) is 1. The molecule has 0 saturated carbocycles. The van der Waals surface area contributed by atoms with Crippen molar-refractivity contribution >= 4 is 45.5 Å². The molecule has 5 heteroatoms. The molecule has 0 amide bonds. The largest absolute Gasteiger partial charge is 0.324 e. The van der Waals surface area contributed by atoms with Crippen LogP contribution >= 0.6 is 0 Å². The Morgan fingerprint density at radius 2 is 0.935 bits per heavy atom. The lowest BCUT2D eigenvalue weighted by atomic mass is 10.1. The summed E-state index contributed by atoms with van der Waals surface area (Å²) in [5, 5.41) is 2.03. The van der Waals surface area contributed by atoms with Crippen molar-refractivity contribution in [1.29, 1.82) is 0 Å². The molecule has 3 heterocycles. The zero-order valence-electron chi connectivity index (χ0n) is 17.2. The van der Waals surface area contributed by atoms with Gasteiger partial charge in [-0.2, -0.15) is 0 Å². The minimum atomic E-state index is 0.722. The number of H-pyrrole nitrogens is 1. The highest BCUT2D eigenvalue weighted by Gasteiger charge is 2.21. The van der Waals surface area contributed by atoms with Crippen LogP contribution in [-0.2, 0) is 0 Å². The van der Waals surface area contributed by atoms with Gasteiger partial charge in [0.05, 0.1) is 0 Å². The molecule has 0 spiro atoms.